The first kappa shape index (κ1) is 23.7. The van der Waals surface area contributed by atoms with Crippen LogP contribution in [0.15, 0.2) is 23.3 Å². The van der Waals surface area contributed by atoms with Crippen molar-refractivity contribution in [1.82, 2.24) is 20.5 Å². The number of aromatic nitrogens is 1. The molecule has 2 aliphatic rings. The van der Waals surface area contributed by atoms with E-state index in [1.54, 1.807) is 6.20 Å². The van der Waals surface area contributed by atoms with Crippen LogP contribution in [-0.4, -0.2) is 54.0 Å². The van der Waals surface area contributed by atoms with Crippen LogP contribution < -0.4 is 15.4 Å². The van der Waals surface area contributed by atoms with Crippen molar-refractivity contribution in [3.63, 3.8) is 0 Å². The molecule has 1 saturated heterocycles. The molecule has 3 rings (SSSR count). The summed E-state index contributed by atoms with van der Waals surface area (Å²) in [5.41, 5.74) is 1.06. The largest absolute Gasteiger partial charge is 0.478 e. The predicted molar refractivity (Wildman–Crippen MR) is 126 cm³/mol. The number of carbonyl (C=O) groups is 1. The van der Waals surface area contributed by atoms with E-state index in [0.717, 1.165) is 50.4 Å². The number of nitrogens with one attached hydrogen (secondary N) is 2. The van der Waals surface area contributed by atoms with Crippen LogP contribution in [0.1, 0.15) is 51.5 Å². The summed E-state index contributed by atoms with van der Waals surface area (Å²) < 4.78 is 5.46. The molecule has 0 aromatic carbocycles. The van der Waals surface area contributed by atoms with Gasteiger partial charge in [0.1, 0.15) is 0 Å². The van der Waals surface area contributed by atoms with E-state index in [4.69, 9.17) is 9.73 Å². The highest BCUT2D eigenvalue weighted by molar-refractivity contribution is 14.0. The van der Waals surface area contributed by atoms with Crippen molar-refractivity contribution in [3.05, 3.63) is 23.9 Å². The van der Waals surface area contributed by atoms with Crippen molar-refractivity contribution in [2.24, 2.45) is 10.9 Å². The molecule has 2 N–H and O–H groups in total. The highest BCUT2D eigenvalue weighted by atomic mass is 127. The number of amides is 1. The summed E-state index contributed by atoms with van der Waals surface area (Å²) >= 11 is 0. The van der Waals surface area contributed by atoms with Gasteiger partial charge in [0, 0.05) is 43.9 Å². The molecule has 1 atom stereocenters. The average molecular weight is 515 g/mol. The van der Waals surface area contributed by atoms with E-state index in [1.165, 1.54) is 12.8 Å². The van der Waals surface area contributed by atoms with Gasteiger partial charge in [-0.3, -0.25) is 4.79 Å². The fourth-order valence-electron chi connectivity index (χ4n) is 3.97. The Morgan fingerprint density at radius 1 is 1.31 bits per heavy atom. The van der Waals surface area contributed by atoms with Crippen LogP contribution in [-0.2, 0) is 11.3 Å². The molecule has 0 radical (unpaired) electrons. The Morgan fingerprint density at radius 2 is 2.10 bits per heavy atom. The fourth-order valence-corrected chi connectivity index (χ4v) is 3.97. The van der Waals surface area contributed by atoms with E-state index in [9.17, 15) is 4.79 Å². The Kier molecular flexibility index (Phi) is 9.96. The summed E-state index contributed by atoms with van der Waals surface area (Å²) in [5, 5.41) is 6.81. The quantitative estimate of drug-likeness (QED) is 0.332. The van der Waals surface area contributed by atoms with Crippen molar-refractivity contribution in [2.45, 2.75) is 58.5 Å². The van der Waals surface area contributed by atoms with Gasteiger partial charge in [-0.15, -0.1) is 24.0 Å². The highest BCUT2D eigenvalue weighted by Gasteiger charge is 2.32. The van der Waals surface area contributed by atoms with Crippen LogP contribution in [0.3, 0.4) is 0 Å². The first-order chi connectivity index (χ1) is 13.7. The van der Waals surface area contributed by atoms with Gasteiger partial charge in [-0.25, -0.2) is 9.98 Å². The molecule has 0 spiro atoms. The molecule has 7 nitrogen and oxygen atoms in total. The van der Waals surface area contributed by atoms with E-state index in [2.05, 4.69) is 22.5 Å². The molecular weight excluding hydrogens is 481 g/mol. The summed E-state index contributed by atoms with van der Waals surface area (Å²) in [7, 11) is 0. The lowest BCUT2D eigenvalue weighted by molar-refractivity contribution is -0.134. The van der Waals surface area contributed by atoms with Crippen molar-refractivity contribution >= 4 is 35.8 Å². The summed E-state index contributed by atoms with van der Waals surface area (Å²) in [5.74, 6) is 2.03. The molecule has 1 aromatic heterocycles. The molecule has 1 aromatic rings. The van der Waals surface area contributed by atoms with Gasteiger partial charge >= 0.3 is 0 Å². The third-order valence-electron chi connectivity index (χ3n) is 5.40. The second kappa shape index (κ2) is 12.2. The third-order valence-corrected chi connectivity index (χ3v) is 5.40. The second-order valence-electron chi connectivity index (χ2n) is 7.53. The van der Waals surface area contributed by atoms with Gasteiger partial charge in [-0.2, -0.15) is 0 Å². The van der Waals surface area contributed by atoms with Crippen molar-refractivity contribution in [1.29, 1.82) is 0 Å². The molecule has 29 heavy (non-hydrogen) atoms. The van der Waals surface area contributed by atoms with Crippen molar-refractivity contribution in [3.8, 4) is 5.88 Å². The van der Waals surface area contributed by atoms with Crippen LogP contribution in [0.2, 0.25) is 0 Å². The van der Waals surface area contributed by atoms with Crippen LogP contribution in [0.25, 0.3) is 0 Å². The van der Waals surface area contributed by atoms with E-state index >= 15 is 0 Å². The number of guanidine groups is 1. The normalized spacial score (nSPS) is 19.7. The summed E-state index contributed by atoms with van der Waals surface area (Å²) in [6, 6.07) is 4.13. The van der Waals surface area contributed by atoms with Crippen LogP contribution in [0.4, 0.5) is 0 Å². The fraction of sp³-hybridized carbons (Fsp3) is 0.667. The van der Waals surface area contributed by atoms with E-state index in [1.807, 2.05) is 24.0 Å². The number of ether oxygens (including phenoxy) is 1. The summed E-state index contributed by atoms with van der Waals surface area (Å²) in [6.07, 6.45) is 7.24. The minimum absolute atomic E-state index is 0. The van der Waals surface area contributed by atoms with Crippen LogP contribution in [0, 0.1) is 5.92 Å². The number of pyridine rings is 1. The number of likely N-dealkylation sites (tertiary alicyclic amines) is 1. The second-order valence-corrected chi connectivity index (χ2v) is 7.53. The Bertz CT molecular complexity index is 679. The van der Waals surface area contributed by atoms with E-state index in [0.29, 0.717) is 24.9 Å². The maximum atomic E-state index is 12.6. The van der Waals surface area contributed by atoms with Crippen molar-refractivity contribution < 1.29 is 9.53 Å². The van der Waals surface area contributed by atoms with Gasteiger partial charge in [-0.05, 0) is 44.7 Å². The molecule has 1 unspecified atom stereocenters. The summed E-state index contributed by atoms with van der Waals surface area (Å²) in [4.78, 5) is 23.6. The van der Waals surface area contributed by atoms with Gasteiger partial charge in [0.25, 0.3) is 0 Å². The first-order valence-corrected chi connectivity index (χ1v) is 10.6. The predicted octanol–water partition coefficient (Wildman–Crippen LogP) is 2.94. The van der Waals surface area contributed by atoms with E-state index in [-0.39, 0.29) is 35.9 Å². The minimum Gasteiger partial charge on any atom is -0.478 e. The molecule has 2 fully saturated rings. The monoisotopic (exact) mass is 515 g/mol. The number of hydrogen-bond donors (Lipinski definition) is 2. The maximum Gasteiger partial charge on any atom is 0.225 e. The third kappa shape index (κ3) is 7.01. The van der Waals surface area contributed by atoms with Gasteiger partial charge in [-0.1, -0.05) is 12.8 Å². The molecule has 1 aliphatic heterocycles. The lowest BCUT2D eigenvalue weighted by Crippen LogP contribution is -2.45. The first-order valence-electron chi connectivity index (χ1n) is 10.6. The zero-order valence-electron chi connectivity index (χ0n) is 17.5. The topological polar surface area (TPSA) is 78.9 Å². The lowest BCUT2D eigenvalue weighted by Gasteiger charge is -2.21. The number of hydrogen-bond acceptors (Lipinski definition) is 4. The Morgan fingerprint density at radius 3 is 2.83 bits per heavy atom. The minimum atomic E-state index is 0. The number of aliphatic imine (C=N–C) groups is 1. The van der Waals surface area contributed by atoms with Crippen molar-refractivity contribution in [2.75, 3.05) is 26.2 Å². The molecule has 1 saturated carbocycles. The SMILES string of the molecule is CCNC(=NCc1ccnc(OCC)c1)NC1CCN(C(=O)C2CCCC2)C1.I. The molecule has 1 amide bonds. The van der Waals surface area contributed by atoms with Crippen LogP contribution in [0.5, 0.6) is 5.88 Å². The van der Waals surface area contributed by atoms with E-state index < -0.39 is 0 Å². The number of rotatable bonds is 7. The summed E-state index contributed by atoms with van der Waals surface area (Å²) in [6.45, 7) is 7.56. The highest BCUT2D eigenvalue weighted by Crippen LogP contribution is 2.27. The molecule has 1 aliphatic carbocycles. The Hall–Kier alpha value is -1.58. The standard InChI is InChI=1S/C21H33N5O2.HI/c1-3-22-21(24-14-16-9-11-23-19(13-16)28-4-2)25-18-10-12-26(15-18)20(27)17-7-5-6-8-17;/h9,11,13,17-18H,3-8,10,12,14-15H2,1-2H3,(H2,22,24,25);1H. The van der Waals surface area contributed by atoms with Gasteiger partial charge in [0.2, 0.25) is 11.8 Å². The molecule has 2 heterocycles. The number of nitrogens with zero attached hydrogens (tertiary/aromatic N) is 3. The lowest BCUT2D eigenvalue weighted by atomic mass is 10.1. The van der Waals surface area contributed by atoms with Gasteiger partial charge in [0.05, 0.1) is 13.2 Å². The number of halogens is 1. The Labute approximate surface area is 191 Å². The van der Waals surface area contributed by atoms with Gasteiger partial charge < -0.3 is 20.3 Å². The smallest absolute Gasteiger partial charge is 0.225 e. The molecule has 162 valence electrons. The molecule has 0 bridgehead atoms. The average Bonchev–Trinajstić information content (AvgIpc) is 3.39. The zero-order chi connectivity index (χ0) is 19.8. The van der Waals surface area contributed by atoms with Gasteiger partial charge in [0.15, 0.2) is 5.96 Å². The number of carbonyl (C=O) groups excluding carboxylic acids is 1. The molecular formula is C21H34IN5O2. The Balaban J connectivity index is 0.00000300. The molecule has 8 heteroatoms. The maximum absolute atomic E-state index is 12.6. The van der Waals surface area contributed by atoms with Crippen LogP contribution >= 0.6 is 24.0 Å². The zero-order valence-corrected chi connectivity index (χ0v) is 19.9.